The number of carbonyl (C=O) groups is 2. The van der Waals surface area contributed by atoms with Crippen LogP contribution in [0.15, 0.2) is 18.5 Å². The molecule has 2 aliphatic heterocycles. The molecule has 1 aromatic heterocycles. The summed E-state index contributed by atoms with van der Waals surface area (Å²) in [5.74, 6) is -1.12. The standard InChI is InChI=1S/C13H15N3O3/c17-12(10-4-8-1-2-11(10)15-8)16-9-3-7(13(18)19)5-14-6-9/h3,5-6,8,10-11,15H,1-2,4H2,(H,16,17)(H,18,19). The lowest BCUT2D eigenvalue weighted by molar-refractivity contribution is -0.120. The van der Waals surface area contributed by atoms with Crippen LogP contribution in [0, 0.1) is 5.92 Å². The van der Waals surface area contributed by atoms with Gasteiger partial charge in [-0.25, -0.2) is 4.79 Å². The Balaban J connectivity index is 1.69. The van der Waals surface area contributed by atoms with Crippen molar-refractivity contribution in [1.82, 2.24) is 10.3 Å². The molecular formula is C13H15N3O3. The number of aromatic nitrogens is 1. The topological polar surface area (TPSA) is 91.3 Å². The van der Waals surface area contributed by atoms with Crippen molar-refractivity contribution in [2.75, 3.05) is 5.32 Å². The van der Waals surface area contributed by atoms with Crippen molar-refractivity contribution in [2.45, 2.75) is 31.3 Å². The van der Waals surface area contributed by atoms with Crippen LogP contribution >= 0.6 is 0 Å². The van der Waals surface area contributed by atoms with Crippen LogP contribution < -0.4 is 10.6 Å². The molecule has 2 fully saturated rings. The number of aromatic carboxylic acids is 1. The second kappa shape index (κ2) is 4.62. The van der Waals surface area contributed by atoms with Crippen LogP contribution in [0.2, 0.25) is 0 Å². The van der Waals surface area contributed by atoms with E-state index in [9.17, 15) is 9.59 Å². The minimum absolute atomic E-state index is 0.0211. The Labute approximate surface area is 110 Å². The number of pyridine rings is 1. The highest BCUT2D eigenvalue weighted by Gasteiger charge is 2.42. The summed E-state index contributed by atoms with van der Waals surface area (Å²) in [6.07, 6.45) is 5.77. The molecule has 6 heteroatoms. The molecule has 100 valence electrons. The summed E-state index contributed by atoms with van der Waals surface area (Å²) in [4.78, 5) is 26.8. The molecule has 1 amide bonds. The fourth-order valence-electron chi connectivity index (χ4n) is 2.97. The normalized spacial score (nSPS) is 28.3. The molecule has 3 atom stereocenters. The summed E-state index contributed by atoms with van der Waals surface area (Å²) in [6, 6.07) is 2.15. The fraction of sp³-hybridized carbons (Fsp3) is 0.462. The lowest BCUT2D eigenvalue weighted by Crippen LogP contribution is -2.32. The molecule has 0 aromatic carbocycles. The highest BCUT2D eigenvalue weighted by Crippen LogP contribution is 2.33. The van der Waals surface area contributed by atoms with E-state index in [1.54, 1.807) is 0 Å². The average Bonchev–Trinajstić information content (AvgIpc) is 3.01. The van der Waals surface area contributed by atoms with Crippen LogP contribution in [0.25, 0.3) is 0 Å². The Kier molecular flexibility index (Phi) is 2.94. The molecule has 3 unspecified atom stereocenters. The third-order valence-corrected chi connectivity index (χ3v) is 3.89. The second-order valence-electron chi connectivity index (χ2n) is 5.15. The third kappa shape index (κ3) is 2.31. The van der Waals surface area contributed by atoms with Crippen molar-refractivity contribution < 1.29 is 14.7 Å². The van der Waals surface area contributed by atoms with Gasteiger partial charge in [-0.1, -0.05) is 0 Å². The molecule has 0 radical (unpaired) electrons. The van der Waals surface area contributed by atoms with Gasteiger partial charge in [0.2, 0.25) is 5.91 Å². The number of nitrogens with one attached hydrogen (secondary N) is 2. The zero-order valence-corrected chi connectivity index (χ0v) is 10.3. The molecular weight excluding hydrogens is 246 g/mol. The predicted octanol–water partition coefficient (Wildman–Crippen LogP) is 0.859. The van der Waals surface area contributed by atoms with Gasteiger partial charge in [0.05, 0.1) is 23.4 Å². The molecule has 2 aliphatic rings. The molecule has 2 bridgehead atoms. The highest BCUT2D eigenvalue weighted by atomic mass is 16.4. The quantitative estimate of drug-likeness (QED) is 0.750. The lowest BCUT2D eigenvalue weighted by atomic mass is 9.88. The van der Waals surface area contributed by atoms with E-state index in [4.69, 9.17) is 5.11 Å². The number of anilines is 1. The van der Waals surface area contributed by atoms with E-state index in [1.807, 2.05) is 0 Å². The number of hydrogen-bond donors (Lipinski definition) is 3. The van der Waals surface area contributed by atoms with Gasteiger partial charge in [-0.3, -0.25) is 9.78 Å². The lowest BCUT2D eigenvalue weighted by Gasteiger charge is -2.19. The largest absolute Gasteiger partial charge is 0.478 e. The highest BCUT2D eigenvalue weighted by molar-refractivity contribution is 5.95. The second-order valence-corrected chi connectivity index (χ2v) is 5.15. The Morgan fingerprint density at radius 1 is 1.37 bits per heavy atom. The minimum Gasteiger partial charge on any atom is -0.478 e. The Bertz CT molecular complexity index is 532. The van der Waals surface area contributed by atoms with Gasteiger partial charge in [-0.05, 0) is 25.3 Å². The Morgan fingerprint density at radius 3 is 2.84 bits per heavy atom. The monoisotopic (exact) mass is 261 g/mol. The minimum atomic E-state index is -1.05. The van der Waals surface area contributed by atoms with E-state index in [2.05, 4.69) is 15.6 Å². The summed E-state index contributed by atoms with van der Waals surface area (Å²) < 4.78 is 0. The first-order valence-electron chi connectivity index (χ1n) is 6.39. The van der Waals surface area contributed by atoms with Crippen LogP contribution in [0.1, 0.15) is 29.6 Å². The van der Waals surface area contributed by atoms with E-state index in [0.29, 0.717) is 11.7 Å². The Morgan fingerprint density at radius 2 is 2.21 bits per heavy atom. The summed E-state index contributed by atoms with van der Waals surface area (Å²) in [7, 11) is 0. The van der Waals surface area contributed by atoms with Gasteiger partial charge in [0.1, 0.15) is 0 Å². The molecule has 3 N–H and O–H groups in total. The molecule has 3 heterocycles. The Hall–Kier alpha value is -1.95. The van der Waals surface area contributed by atoms with Gasteiger partial charge in [-0.15, -0.1) is 0 Å². The summed E-state index contributed by atoms with van der Waals surface area (Å²) >= 11 is 0. The number of hydrogen-bond acceptors (Lipinski definition) is 4. The van der Waals surface area contributed by atoms with Gasteiger partial charge < -0.3 is 15.7 Å². The molecule has 2 saturated heterocycles. The first-order valence-corrected chi connectivity index (χ1v) is 6.39. The number of rotatable bonds is 3. The number of carbonyl (C=O) groups excluding carboxylic acids is 1. The van der Waals surface area contributed by atoms with Crippen molar-refractivity contribution in [3.63, 3.8) is 0 Å². The van der Waals surface area contributed by atoms with E-state index in [0.717, 1.165) is 19.3 Å². The summed E-state index contributed by atoms with van der Waals surface area (Å²) in [5, 5.41) is 15.0. The molecule has 6 nitrogen and oxygen atoms in total. The van der Waals surface area contributed by atoms with Crippen molar-refractivity contribution >= 4 is 17.6 Å². The van der Waals surface area contributed by atoms with Crippen LogP contribution in [-0.4, -0.2) is 34.1 Å². The van der Waals surface area contributed by atoms with Gasteiger partial charge in [0.15, 0.2) is 0 Å². The van der Waals surface area contributed by atoms with Crippen LogP contribution in [0.5, 0.6) is 0 Å². The average molecular weight is 261 g/mol. The summed E-state index contributed by atoms with van der Waals surface area (Å²) in [5.41, 5.74) is 0.511. The zero-order chi connectivity index (χ0) is 13.4. The number of carboxylic acids is 1. The van der Waals surface area contributed by atoms with Gasteiger partial charge in [0, 0.05) is 18.3 Å². The smallest absolute Gasteiger partial charge is 0.337 e. The van der Waals surface area contributed by atoms with Gasteiger partial charge in [0.25, 0.3) is 0 Å². The van der Waals surface area contributed by atoms with E-state index in [-0.39, 0.29) is 23.4 Å². The first kappa shape index (κ1) is 12.1. The number of nitrogens with zero attached hydrogens (tertiary/aromatic N) is 1. The molecule has 19 heavy (non-hydrogen) atoms. The van der Waals surface area contributed by atoms with Crippen molar-refractivity contribution in [3.8, 4) is 0 Å². The van der Waals surface area contributed by atoms with Crippen LogP contribution in [0.4, 0.5) is 5.69 Å². The number of fused-ring (bicyclic) bond motifs is 2. The zero-order valence-electron chi connectivity index (χ0n) is 10.3. The predicted molar refractivity (Wildman–Crippen MR) is 67.9 cm³/mol. The molecule has 0 spiro atoms. The van der Waals surface area contributed by atoms with Crippen molar-refractivity contribution in [2.24, 2.45) is 5.92 Å². The molecule has 0 aliphatic carbocycles. The van der Waals surface area contributed by atoms with Gasteiger partial charge >= 0.3 is 5.97 Å². The maximum atomic E-state index is 12.2. The summed E-state index contributed by atoms with van der Waals surface area (Å²) in [6.45, 7) is 0. The molecule has 3 rings (SSSR count). The molecule has 1 aromatic rings. The van der Waals surface area contributed by atoms with Crippen molar-refractivity contribution in [1.29, 1.82) is 0 Å². The fourth-order valence-corrected chi connectivity index (χ4v) is 2.97. The van der Waals surface area contributed by atoms with Crippen LogP contribution in [0.3, 0.4) is 0 Å². The molecule has 0 saturated carbocycles. The van der Waals surface area contributed by atoms with E-state index >= 15 is 0 Å². The van der Waals surface area contributed by atoms with Gasteiger partial charge in [-0.2, -0.15) is 0 Å². The SMILES string of the molecule is O=C(O)c1cncc(NC(=O)C2CC3CCC2N3)c1. The van der Waals surface area contributed by atoms with Crippen LogP contribution in [-0.2, 0) is 4.79 Å². The first-order chi connectivity index (χ1) is 9.13. The van der Waals surface area contributed by atoms with Crippen molar-refractivity contribution in [3.05, 3.63) is 24.0 Å². The van der Waals surface area contributed by atoms with E-state index < -0.39 is 5.97 Å². The number of carboxylic acid groups (broad SMARTS) is 1. The maximum Gasteiger partial charge on any atom is 0.337 e. The van der Waals surface area contributed by atoms with E-state index in [1.165, 1.54) is 18.5 Å². The number of amides is 1. The maximum absolute atomic E-state index is 12.2. The third-order valence-electron chi connectivity index (χ3n) is 3.89.